The number of carboxylic acids is 1. The lowest BCUT2D eigenvalue weighted by Gasteiger charge is -2.09. The van der Waals surface area contributed by atoms with E-state index in [0.717, 1.165) is 35.6 Å². The number of nitrogens with zero attached hydrogens (tertiary/aromatic N) is 2. The monoisotopic (exact) mass is 306 g/mol. The van der Waals surface area contributed by atoms with Crippen molar-refractivity contribution in [2.45, 2.75) is 45.3 Å². The van der Waals surface area contributed by atoms with Gasteiger partial charge >= 0.3 is 5.97 Å². The SMILES string of the molecule is Cc1ccc2c(c1)nc(SCC(=O)O)n2CCCC(C)C. The summed E-state index contributed by atoms with van der Waals surface area (Å²) in [6.07, 6.45) is 2.24. The average Bonchev–Trinajstić information content (AvgIpc) is 2.73. The van der Waals surface area contributed by atoms with Crippen molar-refractivity contribution in [2.24, 2.45) is 5.92 Å². The predicted octanol–water partition coefficient (Wildman–Crippen LogP) is 3.96. The standard InChI is InChI=1S/C16H22N2O2S/c1-11(2)5-4-8-18-14-7-6-12(3)9-13(14)17-16(18)21-10-15(19)20/h6-7,9,11H,4-5,8,10H2,1-3H3,(H,19,20). The normalized spacial score (nSPS) is 11.4. The largest absolute Gasteiger partial charge is 0.481 e. The van der Waals surface area contributed by atoms with Crippen LogP contribution in [-0.2, 0) is 11.3 Å². The molecule has 0 aliphatic rings. The van der Waals surface area contributed by atoms with E-state index in [4.69, 9.17) is 5.11 Å². The first-order valence-corrected chi connectivity index (χ1v) is 8.27. The minimum Gasteiger partial charge on any atom is -0.481 e. The number of thioether (sulfide) groups is 1. The van der Waals surface area contributed by atoms with Crippen LogP contribution >= 0.6 is 11.8 Å². The number of fused-ring (bicyclic) bond motifs is 1. The molecule has 0 fully saturated rings. The number of imidazole rings is 1. The van der Waals surface area contributed by atoms with Crippen molar-refractivity contribution in [1.29, 1.82) is 0 Å². The number of aryl methyl sites for hydroxylation is 2. The zero-order valence-corrected chi connectivity index (χ0v) is 13.6. The maximum absolute atomic E-state index is 10.8. The summed E-state index contributed by atoms with van der Waals surface area (Å²) in [6.45, 7) is 7.37. The number of rotatable bonds is 7. The van der Waals surface area contributed by atoms with Gasteiger partial charge in [0.05, 0.1) is 16.8 Å². The van der Waals surface area contributed by atoms with Gasteiger partial charge in [-0.15, -0.1) is 0 Å². The van der Waals surface area contributed by atoms with E-state index in [1.54, 1.807) is 0 Å². The highest BCUT2D eigenvalue weighted by molar-refractivity contribution is 7.99. The van der Waals surface area contributed by atoms with Crippen LogP contribution in [0.2, 0.25) is 0 Å². The summed E-state index contributed by atoms with van der Waals surface area (Å²) in [6, 6.07) is 6.21. The first-order valence-electron chi connectivity index (χ1n) is 7.29. The average molecular weight is 306 g/mol. The molecular weight excluding hydrogens is 284 g/mol. The Kier molecular flexibility index (Phi) is 5.28. The Labute approximate surface area is 129 Å². The van der Waals surface area contributed by atoms with E-state index in [0.29, 0.717) is 5.92 Å². The van der Waals surface area contributed by atoms with Crippen LogP contribution in [-0.4, -0.2) is 26.4 Å². The van der Waals surface area contributed by atoms with Crippen molar-refractivity contribution in [1.82, 2.24) is 9.55 Å². The summed E-state index contributed by atoms with van der Waals surface area (Å²) >= 11 is 1.30. The molecule has 1 aromatic heterocycles. The summed E-state index contributed by atoms with van der Waals surface area (Å²) in [4.78, 5) is 15.4. The van der Waals surface area contributed by atoms with Gasteiger partial charge in [-0.1, -0.05) is 31.7 Å². The maximum Gasteiger partial charge on any atom is 0.313 e. The Hall–Kier alpha value is -1.49. The summed E-state index contributed by atoms with van der Waals surface area (Å²) in [5, 5.41) is 9.68. The van der Waals surface area contributed by atoms with Crippen LogP contribution < -0.4 is 0 Å². The summed E-state index contributed by atoms with van der Waals surface area (Å²) in [5.41, 5.74) is 3.22. The number of aliphatic carboxylic acids is 1. The molecule has 0 aliphatic heterocycles. The Morgan fingerprint density at radius 2 is 2.19 bits per heavy atom. The van der Waals surface area contributed by atoms with E-state index in [1.165, 1.54) is 17.3 Å². The highest BCUT2D eigenvalue weighted by Gasteiger charge is 2.12. The molecule has 1 heterocycles. The van der Waals surface area contributed by atoms with Gasteiger partial charge in [-0.05, 0) is 43.4 Å². The maximum atomic E-state index is 10.8. The van der Waals surface area contributed by atoms with E-state index in [2.05, 4.69) is 41.6 Å². The molecule has 1 N–H and O–H groups in total. The van der Waals surface area contributed by atoms with E-state index >= 15 is 0 Å². The van der Waals surface area contributed by atoms with Crippen molar-refractivity contribution in [3.8, 4) is 0 Å². The van der Waals surface area contributed by atoms with Crippen molar-refractivity contribution in [3.63, 3.8) is 0 Å². The van der Waals surface area contributed by atoms with Crippen LogP contribution in [0.25, 0.3) is 11.0 Å². The van der Waals surface area contributed by atoms with Gasteiger partial charge in [-0.25, -0.2) is 4.98 Å². The van der Waals surface area contributed by atoms with Gasteiger partial charge in [-0.2, -0.15) is 0 Å². The molecule has 0 spiro atoms. The van der Waals surface area contributed by atoms with Gasteiger partial charge in [-0.3, -0.25) is 4.79 Å². The van der Waals surface area contributed by atoms with Crippen LogP contribution in [0.1, 0.15) is 32.3 Å². The molecule has 114 valence electrons. The lowest BCUT2D eigenvalue weighted by Crippen LogP contribution is -2.04. The fourth-order valence-corrected chi connectivity index (χ4v) is 3.09. The smallest absolute Gasteiger partial charge is 0.313 e. The van der Waals surface area contributed by atoms with Crippen LogP contribution in [0, 0.1) is 12.8 Å². The lowest BCUT2D eigenvalue weighted by molar-refractivity contribution is -0.133. The Morgan fingerprint density at radius 1 is 1.43 bits per heavy atom. The molecule has 2 rings (SSSR count). The quantitative estimate of drug-likeness (QED) is 0.787. The molecule has 0 amide bonds. The number of benzene rings is 1. The van der Waals surface area contributed by atoms with Gasteiger partial charge < -0.3 is 9.67 Å². The molecule has 4 nitrogen and oxygen atoms in total. The fourth-order valence-electron chi connectivity index (χ4n) is 2.33. The highest BCUT2D eigenvalue weighted by atomic mass is 32.2. The van der Waals surface area contributed by atoms with Gasteiger partial charge in [0, 0.05) is 6.54 Å². The van der Waals surface area contributed by atoms with Crippen molar-refractivity contribution in [2.75, 3.05) is 5.75 Å². The van der Waals surface area contributed by atoms with E-state index in [9.17, 15) is 4.79 Å². The van der Waals surface area contributed by atoms with Crippen LogP contribution in [0.15, 0.2) is 23.4 Å². The number of carbonyl (C=O) groups is 1. The third-order valence-corrected chi connectivity index (χ3v) is 4.32. The molecule has 0 unspecified atom stereocenters. The minimum absolute atomic E-state index is 0.0481. The third kappa shape index (κ3) is 4.24. The molecule has 0 aliphatic carbocycles. The Bertz CT molecular complexity index is 634. The molecule has 0 atom stereocenters. The Morgan fingerprint density at radius 3 is 2.86 bits per heavy atom. The molecule has 0 radical (unpaired) electrons. The molecule has 1 aromatic carbocycles. The molecule has 2 aromatic rings. The second-order valence-electron chi connectivity index (χ2n) is 5.76. The zero-order chi connectivity index (χ0) is 15.4. The predicted molar refractivity (Wildman–Crippen MR) is 86.9 cm³/mol. The third-order valence-electron chi connectivity index (χ3n) is 3.36. The van der Waals surface area contributed by atoms with Gasteiger partial charge in [0.1, 0.15) is 0 Å². The number of carboxylic acid groups (broad SMARTS) is 1. The highest BCUT2D eigenvalue weighted by Crippen LogP contribution is 2.25. The molecule has 5 heteroatoms. The molecular formula is C16H22N2O2S. The molecule has 0 saturated heterocycles. The minimum atomic E-state index is -0.808. The Balaban J connectivity index is 2.27. The number of hydrogen-bond donors (Lipinski definition) is 1. The summed E-state index contributed by atoms with van der Waals surface area (Å²) < 4.78 is 2.16. The van der Waals surface area contributed by atoms with Crippen molar-refractivity contribution >= 4 is 28.8 Å². The first kappa shape index (κ1) is 15.9. The van der Waals surface area contributed by atoms with Gasteiger partial charge in [0.15, 0.2) is 5.16 Å². The fraction of sp³-hybridized carbons (Fsp3) is 0.500. The van der Waals surface area contributed by atoms with Crippen LogP contribution in [0.3, 0.4) is 0 Å². The molecule has 0 saturated carbocycles. The first-order chi connectivity index (χ1) is 9.97. The van der Waals surface area contributed by atoms with Crippen LogP contribution in [0.4, 0.5) is 0 Å². The van der Waals surface area contributed by atoms with Crippen LogP contribution in [0.5, 0.6) is 0 Å². The number of aromatic nitrogens is 2. The second-order valence-corrected chi connectivity index (χ2v) is 6.70. The molecule has 21 heavy (non-hydrogen) atoms. The van der Waals surface area contributed by atoms with E-state index in [-0.39, 0.29) is 5.75 Å². The summed E-state index contributed by atoms with van der Waals surface area (Å²) in [5.74, 6) is -0.0823. The van der Waals surface area contributed by atoms with Gasteiger partial charge in [0.2, 0.25) is 0 Å². The summed E-state index contributed by atoms with van der Waals surface area (Å²) in [7, 11) is 0. The number of hydrogen-bond acceptors (Lipinski definition) is 3. The lowest BCUT2D eigenvalue weighted by atomic mass is 10.1. The van der Waals surface area contributed by atoms with Gasteiger partial charge in [0.25, 0.3) is 0 Å². The topological polar surface area (TPSA) is 55.1 Å². The second kappa shape index (κ2) is 6.98. The zero-order valence-electron chi connectivity index (χ0n) is 12.8. The van der Waals surface area contributed by atoms with E-state index < -0.39 is 5.97 Å². The van der Waals surface area contributed by atoms with Crippen molar-refractivity contribution < 1.29 is 9.90 Å². The molecule has 0 bridgehead atoms. The van der Waals surface area contributed by atoms with Crippen molar-refractivity contribution in [3.05, 3.63) is 23.8 Å². The van der Waals surface area contributed by atoms with E-state index in [1.807, 2.05) is 6.92 Å².